The average molecular weight is 491 g/mol. The highest BCUT2D eigenvalue weighted by molar-refractivity contribution is 8.03. The molecule has 3 heterocycles. The predicted octanol–water partition coefficient (Wildman–Crippen LogP) is 3.61. The van der Waals surface area contributed by atoms with E-state index in [1.54, 1.807) is 53.6 Å². The Labute approximate surface area is 204 Å². The first-order valence-electron chi connectivity index (χ1n) is 10.9. The smallest absolute Gasteiger partial charge is 0.338 e. The first kappa shape index (κ1) is 22.4. The number of thioether (sulfide) groups is 1. The van der Waals surface area contributed by atoms with Crippen molar-refractivity contribution in [2.75, 3.05) is 6.61 Å². The van der Waals surface area contributed by atoms with Gasteiger partial charge in [-0.15, -0.1) is 11.8 Å². The van der Waals surface area contributed by atoms with Crippen molar-refractivity contribution < 1.29 is 14.6 Å². The van der Waals surface area contributed by atoms with Gasteiger partial charge in [-0.1, -0.05) is 59.9 Å². The van der Waals surface area contributed by atoms with Crippen molar-refractivity contribution in [3.63, 3.8) is 0 Å². The van der Waals surface area contributed by atoms with E-state index in [-0.39, 0.29) is 23.2 Å². The number of hydrogen-bond acceptors (Lipinski definition) is 7. The van der Waals surface area contributed by atoms with E-state index in [4.69, 9.17) is 9.73 Å². The van der Waals surface area contributed by atoms with Crippen LogP contribution < -0.4 is 14.9 Å². The Kier molecular flexibility index (Phi) is 6.26. The molecule has 0 bridgehead atoms. The summed E-state index contributed by atoms with van der Waals surface area (Å²) in [6.07, 6.45) is 4.59. The number of carbonyl (C=O) groups excluding carboxylic acids is 1. The molecule has 0 spiro atoms. The molecule has 1 aromatic heterocycles. The minimum absolute atomic E-state index is 0.0267. The molecule has 0 saturated heterocycles. The highest BCUT2D eigenvalue weighted by Gasteiger charge is 2.39. The Morgan fingerprint density at radius 3 is 2.65 bits per heavy atom. The van der Waals surface area contributed by atoms with Gasteiger partial charge in [0.25, 0.3) is 5.56 Å². The zero-order valence-corrected chi connectivity index (χ0v) is 20.0. The predicted molar refractivity (Wildman–Crippen MR) is 135 cm³/mol. The van der Waals surface area contributed by atoms with E-state index in [1.807, 2.05) is 35.7 Å². The maximum atomic E-state index is 13.6. The van der Waals surface area contributed by atoms with Crippen molar-refractivity contribution in [1.29, 1.82) is 0 Å². The number of aromatic hydroxyl groups is 1. The van der Waals surface area contributed by atoms with Crippen LogP contribution in [0, 0.1) is 0 Å². The quantitative estimate of drug-likeness (QED) is 0.553. The summed E-state index contributed by atoms with van der Waals surface area (Å²) in [5, 5.41) is 11.6. The lowest BCUT2D eigenvalue weighted by Crippen LogP contribution is -2.43. The van der Waals surface area contributed by atoms with Gasteiger partial charge in [-0.05, 0) is 42.5 Å². The number of fused-ring (bicyclic) bond motifs is 1. The van der Waals surface area contributed by atoms with E-state index in [9.17, 15) is 14.7 Å². The summed E-state index contributed by atoms with van der Waals surface area (Å²) in [7, 11) is 0. The molecule has 3 aromatic rings. The van der Waals surface area contributed by atoms with E-state index in [0.717, 1.165) is 17.5 Å². The fourth-order valence-electron chi connectivity index (χ4n) is 4.16. The normalized spacial score (nSPS) is 19.7. The van der Waals surface area contributed by atoms with Crippen molar-refractivity contribution >= 4 is 40.8 Å². The van der Waals surface area contributed by atoms with Crippen LogP contribution in [0.5, 0.6) is 5.75 Å². The maximum absolute atomic E-state index is 13.6. The monoisotopic (exact) mass is 490 g/mol. The molecule has 0 fully saturated rings. The molecule has 34 heavy (non-hydrogen) atoms. The molecule has 0 radical (unpaired) electrons. The van der Waals surface area contributed by atoms with Crippen LogP contribution in [0.4, 0.5) is 0 Å². The van der Waals surface area contributed by atoms with Crippen LogP contribution in [0.1, 0.15) is 30.5 Å². The first-order valence-corrected chi connectivity index (χ1v) is 12.7. The topological polar surface area (TPSA) is 80.9 Å². The number of phenolic OH excluding ortho intramolecular Hbond substituents is 1. The molecular weight excluding hydrogens is 468 g/mol. The largest absolute Gasteiger partial charge is 0.508 e. The summed E-state index contributed by atoms with van der Waals surface area (Å²) in [6.45, 7) is 2.01. The van der Waals surface area contributed by atoms with E-state index < -0.39 is 12.0 Å². The Balaban J connectivity index is 1.76. The first-order chi connectivity index (χ1) is 16.6. The van der Waals surface area contributed by atoms with Crippen LogP contribution in [0.2, 0.25) is 0 Å². The molecule has 5 rings (SSSR count). The number of esters is 1. The van der Waals surface area contributed by atoms with Crippen LogP contribution in [-0.2, 0) is 9.53 Å². The number of rotatable bonds is 5. The van der Waals surface area contributed by atoms with E-state index >= 15 is 0 Å². The second-order valence-electron chi connectivity index (χ2n) is 7.85. The zero-order valence-electron chi connectivity index (χ0n) is 18.4. The number of nitrogens with zero attached hydrogens (tertiary/aromatic N) is 2. The van der Waals surface area contributed by atoms with Gasteiger partial charge in [0.2, 0.25) is 0 Å². The lowest BCUT2D eigenvalue weighted by Gasteiger charge is -2.29. The molecule has 2 aliphatic heterocycles. The number of ether oxygens (including phenoxy) is 1. The molecule has 6 nitrogen and oxygen atoms in total. The molecule has 2 atom stereocenters. The van der Waals surface area contributed by atoms with Gasteiger partial charge in [-0.3, -0.25) is 9.36 Å². The number of hydrogen-bond donors (Lipinski definition) is 1. The van der Waals surface area contributed by atoms with E-state index in [0.29, 0.717) is 20.6 Å². The van der Waals surface area contributed by atoms with Gasteiger partial charge in [-0.2, -0.15) is 0 Å². The Hall–Kier alpha value is -3.36. The second kappa shape index (κ2) is 9.48. The minimum atomic E-state index is -0.507. The summed E-state index contributed by atoms with van der Waals surface area (Å²) in [5.41, 5.74) is 2.38. The van der Waals surface area contributed by atoms with Gasteiger partial charge >= 0.3 is 5.97 Å². The molecule has 0 amide bonds. The summed E-state index contributed by atoms with van der Waals surface area (Å²) in [6, 6.07) is 15.7. The highest BCUT2D eigenvalue weighted by Crippen LogP contribution is 2.41. The zero-order chi connectivity index (χ0) is 23.7. The highest BCUT2D eigenvalue weighted by atomic mass is 32.2. The molecule has 8 heteroatoms. The van der Waals surface area contributed by atoms with Crippen molar-refractivity contribution in [1.82, 2.24) is 4.57 Å². The van der Waals surface area contributed by atoms with Gasteiger partial charge in [0, 0.05) is 10.8 Å². The van der Waals surface area contributed by atoms with Gasteiger partial charge in [0.05, 0.1) is 28.5 Å². The van der Waals surface area contributed by atoms with Crippen molar-refractivity contribution in [3.05, 3.63) is 102 Å². The van der Waals surface area contributed by atoms with Crippen LogP contribution in [0.3, 0.4) is 0 Å². The van der Waals surface area contributed by atoms with Crippen LogP contribution in [-0.4, -0.2) is 27.5 Å². The lowest BCUT2D eigenvalue weighted by atomic mass is 9.95. The molecule has 0 saturated carbocycles. The number of allylic oxidation sites excluding steroid dienone is 1. The van der Waals surface area contributed by atoms with Crippen LogP contribution in [0.25, 0.3) is 11.8 Å². The second-order valence-corrected chi connectivity index (χ2v) is 10.0. The average Bonchev–Trinajstić information content (AvgIpc) is 3.49. The molecule has 2 aromatic carbocycles. The molecule has 0 aliphatic carbocycles. The van der Waals surface area contributed by atoms with Gasteiger partial charge in [0.15, 0.2) is 4.80 Å². The fourth-order valence-corrected chi connectivity index (χ4v) is 6.22. The minimum Gasteiger partial charge on any atom is -0.508 e. The number of benzene rings is 2. The number of aromatic nitrogens is 1. The van der Waals surface area contributed by atoms with Crippen LogP contribution in [0.15, 0.2) is 81.4 Å². The SMILES string of the molecule is CCOC(=O)C1=C(c2ccccc2)N=c2s/c(=C/c3ccc(O)cc3)c(=O)n2C1C1CC=CS1. The number of thiazole rings is 1. The third kappa shape index (κ3) is 4.15. The summed E-state index contributed by atoms with van der Waals surface area (Å²) < 4.78 is 7.63. The van der Waals surface area contributed by atoms with Gasteiger partial charge < -0.3 is 9.84 Å². The van der Waals surface area contributed by atoms with Crippen molar-refractivity contribution in [2.24, 2.45) is 4.99 Å². The summed E-state index contributed by atoms with van der Waals surface area (Å²) in [5.74, 6) is -0.286. The summed E-state index contributed by atoms with van der Waals surface area (Å²) in [4.78, 5) is 32.3. The number of phenols is 1. The Morgan fingerprint density at radius 1 is 1.21 bits per heavy atom. The molecule has 2 aliphatic rings. The maximum Gasteiger partial charge on any atom is 0.338 e. The molecular formula is C26H22N2O4S2. The Morgan fingerprint density at radius 2 is 1.97 bits per heavy atom. The van der Waals surface area contributed by atoms with Crippen molar-refractivity contribution in [3.8, 4) is 5.75 Å². The molecule has 172 valence electrons. The van der Waals surface area contributed by atoms with Gasteiger partial charge in [0.1, 0.15) is 5.75 Å². The third-order valence-corrected chi connectivity index (χ3v) is 7.81. The standard InChI is InChI=1S/C26H22N2O4S2/c1-2-32-25(31)21-22(17-7-4-3-5-8-17)27-26-28(23(21)19-9-6-14-33-19)24(30)20(34-26)15-16-10-12-18(29)13-11-16/h3-8,10-15,19,23,29H,2,9H2,1H3/b20-15+. The third-order valence-electron chi connectivity index (χ3n) is 5.68. The van der Waals surface area contributed by atoms with Crippen molar-refractivity contribution in [2.45, 2.75) is 24.6 Å². The molecule has 2 unspecified atom stereocenters. The van der Waals surface area contributed by atoms with Crippen LogP contribution >= 0.6 is 23.1 Å². The Bertz CT molecular complexity index is 1460. The fraction of sp³-hybridized carbons (Fsp3) is 0.192. The summed E-state index contributed by atoms with van der Waals surface area (Å²) >= 11 is 2.91. The lowest BCUT2D eigenvalue weighted by molar-refractivity contribution is -0.139. The molecule has 1 N–H and O–H groups in total. The van der Waals surface area contributed by atoms with E-state index in [1.165, 1.54) is 11.3 Å². The number of carbonyl (C=O) groups is 1. The van der Waals surface area contributed by atoms with Gasteiger partial charge in [-0.25, -0.2) is 9.79 Å². The van der Waals surface area contributed by atoms with E-state index in [2.05, 4.69) is 6.08 Å².